The van der Waals surface area contributed by atoms with Gasteiger partial charge in [0.1, 0.15) is 22.6 Å². The molecule has 0 N–H and O–H groups in total. The molecular formula is C18H10FN3OS2. The smallest absolute Gasteiger partial charge is 0.268 e. The molecule has 0 aliphatic heterocycles. The van der Waals surface area contributed by atoms with E-state index in [-0.39, 0.29) is 16.9 Å². The molecule has 3 rings (SSSR count). The molecule has 0 atom stereocenters. The lowest BCUT2D eigenvalue weighted by atomic mass is 10.1. The van der Waals surface area contributed by atoms with E-state index in [2.05, 4.69) is 0 Å². The highest BCUT2D eigenvalue weighted by Crippen LogP contribution is 2.28. The van der Waals surface area contributed by atoms with Crippen molar-refractivity contribution < 1.29 is 4.39 Å². The molecule has 0 spiro atoms. The summed E-state index contributed by atoms with van der Waals surface area (Å²) in [6.45, 7) is 0. The van der Waals surface area contributed by atoms with E-state index in [0.29, 0.717) is 20.3 Å². The summed E-state index contributed by atoms with van der Waals surface area (Å²) in [4.78, 5) is 13.2. The quantitative estimate of drug-likeness (QED) is 0.698. The number of thiazole rings is 1. The van der Waals surface area contributed by atoms with Gasteiger partial charge in [-0.1, -0.05) is 12.1 Å². The largest absolute Gasteiger partial charge is 0.300 e. The summed E-state index contributed by atoms with van der Waals surface area (Å²) in [5.74, 6) is -0.330. The van der Waals surface area contributed by atoms with E-state index in [9.17, 15) is 9.18 Å². The summed E-state index contributed by atoms with van der Waals surface area (Å²) < 4.78 is 16.0. The molecule has 7 heteroatoms. The Labute approximate surface area is 150 Å². The van der Waals surface area contributed by atoms with Crippen molar-refractivity contribution in [2.75, 3.05) is 0 Å². The predicted octanol–water partition coefficient (Wildman–Crippen LogP) is 2.34. The highest BCUT2D eigenvalue weighted by atomic mass is 32.1. The van der Waals surface area contributed by atoms with Crippen LogP contribution in [0, 0.1) is 28.5 Å². The SMILES string of the molecule is Cn1c(=C(C#N)C#N)s/c(=C/c2ccc(F)c(-c3cccs3)c2)c1=O. The average molecular weight is 367 g/mol. The highest BCUT2D eigenvalue weighted by Gasteiger charge is 2.08. The fourth-order valence-electron chi connectivity index (χ4n) is 2.31. The summed E-state index contributed by atoms with van der Waals surface area (Å²) in [5, 5.41) is 19.9. The van der Waals surface area contributed by atoms with Crippen molar-refractivity contribution in [2.45, 2.75) is 0 Å². The Morgan fingerprint density at radius 1 is 1.28 bits per heavy atom. The van der Waals surface area contributed by atoms with Gasteiger partial charge in [0.15, 0.2) is 5.57 Å². The topological polar surface area (TPSA) is 69.6 Å². The first kappa shape index (κ1) is 16.8. The molecule has 0 radical (unpaired) electrons. The maximum absolute atomic E-state index is 14.1. The fourth-order valence-corrected chi connectivity index (χ4v) is 4.09. The first-order chi connectivity index (χ1) is 12.0. The van der Waals surface area contributed by atoms with Crippen molar-refractivity contribution in [3.8, 4) is 22.6 Å². The lowest BCUT2D eigenvalue weighted by Gasteiger charge is -2.01. The minimum absolute atomic E-state index is 0.109. The Hall–Kier alpha value is -3.00. The molecule has 0 amide bonds. The second-order valence-electron chi connectivity index (χ2n) is 5.10. The van der Waals surface area contributed by atoms with Crippen molar-refractivity contribution in [1.29, 1.82) is 10.5 Å². The van der Waals surface area contributed by atoms with Gasteiger partial charge >= 0.3 is 0 Å². The van der Waals surface area contributed by atoms with Crippen molar-refractivity contribution in [3.63, 3.8) is 0 Å². The molecule has 1 aromatic carbocycles. The third-order valence-corrected chi connectivity index (χ3v) is 5.63. The van der Waals surface area contributed by atoms with E-state index >= 15 is 0 Å². The second kappa shape index (κ2) is 6.86. The van der Waals surface area contributed by atoms with Gasteiger partial charge < -0.3 is 4.57 Å². The summed E-state index contributed by atoms with van der Waals surface area (Å²) in [6, 6.07) is 11.9. The standard InChI is InChI=1S/C18H10FN3OS2/c1-22-17(23)16(25-18(22)12(9-20)10-21)8-11-4-5-14(19)13(7-11)15-3-2-6-24-15/h2-8H,1H3/b16-8+. The number of hydrogen-bond acceptors (Lipinski definition) is 5. The normalized spacial score (nSPS) is 11.1. The molecular weight excluding hydrogens is 357 g/mol. The molecule has 0 aliphatic carbocycles. The van der Waals surface area contributed by atoms with Crippen molar-refractivity contribution >= 4 is 34.3 Å². The van der Waals surface area contributed by atoms with Gasteiger partial charge in [-0.3, -0.25) is 4.79 Å². The Morgan fingerprint density at radius 2 is 2.04 bits per heavy atom. The van der Waals surface area contributed by atoms with Gasteiger partial charge in [0.2, 0.25) is 0 Å². The predicted molar refractivity (Wildman–Crippen MR) is 96.7 cm³/mol. The van der Waals surface area contributed by atoms with Gasteiger partial charge in [-0.05, 0) is 35.2 Å². The Kier molecular flexibility index (Phi) is 4.62. The fraction of sp³-hybridized carbons (Fsp3) is 0.0556. The Morgan fingerprint density at radius 3 is 2.68 bits per heavy atom. The van der Waals surface area contributed by atoms with Crippen LogP contribution in [0.5, 0.6) is 0 Å². The molecule has 0 aliphatic rings. The third kappa shape index (κ3) is 3.16. The number of nitrogens with zero attached hydrogens (tertiary/aromatic N) is 3. The molecule has 0 unspecified atom stereocenters. The number of rotatable bonds is 2. The van der Waals surface area contributed by atoms with E-state index in [1.165, 1.54) is 29.0 Å². The van der Waals surface area contributed by atoms with Gasteiger partial charge in [-0.2, -0.15) is 10.5 Å². The van der Waals surface area contributed by atoms with Gasteiger partial charge in [0.05, 0.1) is 4.53 Å². The van der Waals surface area contributed by atoms with Gasteiger partial charge in [0.25, 0.3) is 5.56 Å². The van der Waals surface area contributed by atoms with Crippen LogP contribution < -0.4 is 14.8 Å². The van der Waals surface area contributed by atoms with Crippen LogP contribution in [-0.4, -0.2) is 4.57 Å². The van der Waals surface area contributed by atoms with Crippen LogP contribution >= 0.6 is 22.7 Å². The molecule has 122 valence electrons. The Bertz CT molecular complexity index is 1190. The maximum Gasteiger partial charge on any atom is 0.268 e. The summed E-state index contributed by atoms with van der Waals surface area (Å²) >= 11 is 2.50. The van der Waals surface area contributed by atoms with E-state index in [1.807, 2.05) is 17.5 Å². The number of benzene rings is 1. The number of nitriles is 2. The van der Waals surface area contributed by atoms with Crippen LogP contribution in [0.25, 0.3) is 22.1 Å². The van der Waals surface area contributed by atoms with Gasteiger partial charge in [-0.25, -0.2) is 4.39 Å². The number of hydrogen-bond donors (Lipinski definition) is 0. The molecule has 0 fully saturated rings. The Balaban J connectivity index is 2.22. The zero-order valence-corrected chi connectivity index (χ0v) is 14.6. The summed E-state index contributed by atoms with van der Waals surface area (Å²) in [6.07, 6.45) is 1.64. The molecule has 3 aromatic rings. The lowest BCUT2D eigenvalue weighted by molar-refractivity contribution is 0.631. The van der Waals surface area contributed by atoms with Crippen molar-refractivity contribution in [1.82, 2.24) is 4.57 Å². The molecule has 4 nitrogen and oxygen atoms in total. The summed E-state index contributed by atoms with van der Waals surface area (Å²) in [7, 11) is 1.52. The van der Waals surface area contributed by atoms with Crippen LogP contribution in [0.3, 0.4) is 0 Å². The van der Waals surface area contributed by atoms with E-state index in [4.69, 9.17) is 10.5 Å². The second-order valence-corrected chi connectivity index (χ2v) is 7.07. The maximum atomic E-state index is 14.1. The van der Waals surface area contributed by atoms with Crippen LogP contribution in [0.4, 0.5) is 4.39 Å². The van der Waals surface area contributed by atoms with E-state index in [1.54, 1.807) is 30.3 Å². The van der Waals surface area contributed by atoms with Crippen molar-refractivity contribution in [3.05, 3.63) is 66.6 Å². The minimum atomic E-state index is -0.330. The molecule has 25 heavy (non-hydrogen) atoms. The third-order valence-electron chi connectivity index (χ3n) is 3.54. The van der Waals surface area contributed by atoms with Crippen LogP contribution in [-0.2, 0) is 7.05 Å². The molecule has 2 heterocycles. The first-order valence-corrected chi connectivity index (χ1v) is 8.80. The number of thiophene rings is 1. The molecule has 0 saturated heterocycles. The first-order valence-electron chi connectivity index (χ1n) is 7.10. The summed E-state index contributed by atoms with van der Waals surface area (Å²) in [5.41, 5.74) is 0.733. The lowest BCUT2D eigenvalue weighted by Crippen LogP contribution is -2.29. The molecule has 0 bridgehead atoms. The average Bonchev–Trinajstić information content (AvgIpc) is 3.23. The number of aromatic nitrogens is 1. The minimum Gasteiger partial charge on any atom is -0.300 e. The highest BCUT2D eigenvalue weighted by molar-refractivity contribution is 7.13. The molecule has 0 saturated carbocycles. The molecule has 2 aromatic heterocycles. The van der Waals surface area contributed by atoms with Crippen LogP contribution in [0.1, 0.15) is 5.56 Å². The van der Waals surface area contributed by atoms with E-state index in [0.717, 1.165) is 16.2 Å². The number of halogens is 1. The monoisotopic (exact) mass is 367 g/mol. The van der Waals surface area contributed by atoms with Crippen LogP contribution in [0.15, 0.2) is 40.5 Å². The zero-order valence-electron chi connectivity index (χ0n) is 13.0. The van der Waals surface area contributed by atoms with Gasteiger partial charge in [0, 0.05) is 17.5 Å². The zero-order chi connectivity index (χ0) is 18.0. The van der Waals surface area contributed by atoms with Gasteiger partial charge in [-0.15, -0.1) is 22.7 Å². The van der Waals surface area contributed by atoms with Crippen LogP contribution in [0.2, 0.25) is 0 Å². The van der Waals surface area contributed by atoms with E-state index < -0.39 is 0 Å². The van der Waals surface area contributed by atoms with Crippen molar-refractivity contribution in [2.24, 2.45) is 7.05 Å².